The summed E-state index contributed by atoms with van der Waals surface area (Å²) in [7, 11) is 1.79. The molecular formula is C10H11N5OS. The van der Waals surface area contributed by atoms with Gasteiger partial charge in [0.15, 0.2) is 0 Å². The molecule has 1 amide bonds. The van der Waals surface area contributed by atoms with E-state index in [1.165, 1.54) is 11.8 Å². The van der Waals surface area contributed by atoms with Crippen LogP contribution in [0.1, 0.15) is 15.9 Å². The number of hydrogen-bond acceptors (Lipinski definition) is 5. The average Bonchev–Trinajstić information content (AvgIpc) is 2.73. The lowest BCUT2D eigenvalue weighted by molar-refractivity contribution is 0.100. The molecule has 0 saturated heterocycles. The van der Waals surface area contributed by atoms with E-state index in [1.54, 1.807) is 23.9 Å². The molecule has 0 atom stereocenters. The fourth-order valence-electron chi connectivity index (χ4n) is 1.26. The van der Waals surface area contributed by atoms with Crippen molar-refractivity contribution in [3.8, 4) is 0 Å². The molecule has 0 radical (unpaired) electrons. The Morgan fingerprint density at radius 2 is 2.12 bits per heavy atom. The minimum absolute atomic E-state index is 0.415. The number of rotatable bonds is 4. The van der Waals surface area contributed by atoms with Gasteiger partial charge in [0.1, 0.15) is 0 Å². The summed E-state index contributed by atoms with van der Waals surface area (Å²) < 4.78 is 1.61. The fraction of sp³-hybridized carbons (Fsp3) is 0.200. The largest absolute Gasteiger partial charge is 0.366 e. The van der Waals surface area contributed by atoms with E-state index in [4.69, 9.17) is 5.73 Å². The molecule has 7 heteroatoms. The molecule has 0 bridgehead atoms. The van der Waals surface area contributed by atoms with Crippen LogP contribution in [-0.2, 0) is 12.8 Å². The zero-order valence-electron chi connectivity index (χ0n) is 9.20. The van der Waals surface area contributed by atoms with Crippen molar-refractivity contribution >= 4 is 17.7 Å². The number of nitrogens with zero attached hydrogens (tertiary/aromatic N) is 4. The Morgan fingerprint density at radius 3 is 2.65 bits per heavy atom. The van der Waals surface area contributed by atoms with Crippen molar-refractivity contribution in [1.29, 1.82) is 0 Å². The van der Waals surface area contributed by atoms with Crippen LogP contribution < -0.4 is 5.73 Å². The third-order valence-corrected chi connectivity index (χ3v) is 3.27. The van der Waals surface area contributed by atoms with Gasteiger partial charge in [-0.3, -0.25) is 4.79 Å². The third kappa shape index (κ3) is 2.82. The van der Waals surface area contributed by atoms with E-state index in [-0.39, 0.29) is 0 Å². The second kappa shape index (κ2) is 4.96. The normalized spacial score (nSPS) is 10.4. The summed E-state index contributed by atoms with van der Waals surface area (Å²) in [5.41, 5.74) is 6.76. The van der Waals surface area contributed by atoms with Crippen molar-refractivity contribution in [3.05, 3.63) is 35.4 Å². The maximum Gasteiger partial charge on any atom is 0.248 e. The van der Waals surface area contributed by atoms with Gasteiger partial charge in [0.25, 0.3) is 0 Å². The monoisotopic (exact) mass is 249 g/mol. The molecule has 0 fully saturated rings. The lowest BCUT2D eigenvalue weighted by Crippen LogP contribution is -2.10. The second-order valence-corrected chi connectivity index (χ2v) is 4.38. The first-order valence-corrected chi connectivity index (χ1v) is 5.89. The van der Waals surface area contributed by atoms with Crippen molar-refractivity contribution in [2.45, 2.75) is 10.9 Å². The van der Waals surface area contributed by atoms with E-state index in [9.17, 15) is 4.79 Å². The van der Waals surface area contributed by atoms with Crippen LogP contribution in [-0.4, -0.2) is 26.1 Å². The standard InChI is InChI=1S/C10H11N5OS/c1-15-10(12-13-14-15)17-6-7-2-4-8(5-3-7)9(11)16/h2-5H,6H2,1H3,(H2,11,16). The first-order valence-electron chi connectivity index (χ1n) is 4.90. The average molecular weight is 249 g/mol. The van der Waals surface area contributed by atoms with E-state index in [1.807, 2.05) is 12.1 Å². The van der Waals surface area contributed by atoms with E-state index >= 15 is 0 Å². The van der Waals surface area contributed by atoms with E-state index in [0.717, 1.165) is 16.5 Å². The molecule has 0 aliphatic carbocycles. The first-order chi connectivity index (χ1) is 8.16. The number of thioether (sulfide) groups is 1. The third-order valence-electron chi connectivity index (χ3n) is 2.19. The molecule has 0 unspecified atom stereocenters. The van der Waals surface area contributed by atoms with Crippen molar-refractivity contribution in [2.24, 2.45) is 12.8 Å². The van der Waals surface area contributed by atoms with E-state index in [2.05, 4.69) is 15.5 Å². The van der Waals surface area contributed by atoms with E-state index in [0.29, 0.717) is 5.56 Å². The number of amides is 1. The number of primary amides is 1. The van der Waals surface area contributed by atoms with Crippen molar-refractivity contribution in [1.82, 2.24) is 20.2 Å². The molecule has 1 heterocycles. The molecule has 6 nitrogen and oxygen atoms in total. The van der Waals surface area contributed by atoms with Gasteiger partial charge in [-0.1, -0.05) is 23.9 Å². The summed E-state index contributed by atoms with van der Waals surface area (Å²) in [5, 5.41) is 11.9. The quantitative estimate of drug-likeness (QED) is 0.802. The van der Waals surface area contributed by atoms with Crippen molar-refractivity contribution in [3.63, 3.8) is 0 Å². The number of nitrogens with two attached hydrogens (primary N) is 1. The number of tetrazole rings is 1. The maximum absolute atomic E-state index is 10.9. The Hall–Kier alpha value is -1.89. The van der Waals surface area contributed by atoms with Gasteiger partial charge in [0, 0.05) is 18.4 Å². The highest BCUT2D eigenvalue weighted by atomic mass is 32.2. The lowest BCUT2D eigenvalue weighted by atomic mass is 10.1. The minimum atomic E-state index is -0.415. The van der Waals surface area contributed by atoms with Gasteiger partial charge >= 0.3 is 0 Å². The lowest BCUT2D eigenvalue weighted by Gasteiger charge is -2.01. The molecule has 1 aromatic heterocycles. The summed E-state index contributed by atoms with van der Waals surface area (Å²) in [6, 6.07) is 7.17. The number of aromatic nitrogens is 4. The molecule has 17 heavy (non-hydrogen) atoms. The zero-order valence-corrected chi connectivity index (χ0v) is 10.0. The zero-order chi connectivity index (χ0) is 12.3. The van der Waals surface area contributed by atoms with Crippen LogP contribution in [0.25, 0.3) is 0 Å². The van der Waals surface area contributed by atoms with Crippen LogP contribution in [0, 0.1) is 0 Å². The summed E-state index contributed by atoms with van der Waals surface area (Å²) >= 11 is 1.53. The number of aryl methyl sites for hydroxylation is 1. The maximum atomic E-state index is 10.9. The van der Waals surface area contributed by atoms with Crippen LogP contribution in [0.2, 0.25) is 0 Å². The van der Waals surface area contributed by atoms with Gasteiger partial charge < -0.3 is 5.73 Å². The summed E-state index contributed by atoms with van der Waals surface area (Å²) in [6.45, 7) is 0. The summed E-state index contributed by atoms with van der Waals surface area (Å²) in [5.74, 6) is 0.328. The Labute approximate surface area is 102 Å². The topological polar surface area (TPSA) is 86.7 Å². The van der Waals surface area contributed by atoms with Crippen LogP contribution >= 0.6 is 11.8 Å². The molecule has 1 aromatic carbocycles. The SMILES string of the molecule is Cn1nnnc1SCc1ccc(C(N)=O)cc1. The van der Waals surface area contributed by atoms with E-state index < -0.39 is 5.91 Å². The van der Waals surface area contributed by atoms with Gasteiger partial charge in [-0.25, -0.2) is 4.68 Å². The molecule has 88 valence electrons. The first kappa shape index (κ1) is 11.6. The predicted molar refractivity (Wildman–Crippen MR) is 63.3 cm³/mol. The highest BCUT2D eigenvalue weighted by molar-refractivity contribution is 7.98. The van der Waals surface area contributed by atoms with Gasteiger partial charge in [0.2, 0.25) is 11.1 Å². The molecule has 0 saturated carbocycles. The summed E-state index contributed by atoms with van der Waals surface area (Å²) in [4.78, 5) is 10.9. The number of benzene rings is 1. The Bertz CT molecular complexity index is 522. The van der Waals surface area contributed by atoms with Crippen LogP contribution in [0.4, 0.5) is 0 Å². The number of carbonyl (C=O) groups excluding carboxylic acids is 1. The second-order valence-electron chi connectivity index (χ2n) is 3.43. The molecule has 0 spiro atoms. The van der Waals surface area contributed by atoms with Crippen molar-refractivity contribution < 1.29 is 4.79 Å². The Morgan fingerprint density at radius 1 is 1.41 bits per heavy atom. The molecule has 0 aliphatic heterocycles. The van der Waals surface area contributed by atoms with Crippen LogP contribution in [0.3, 0.4) is 0 Å². The molecule has 2 aromatic rings. The van der Waals surface area contributed by atoms with Gasteiger partial charge in [-0.15, -0.1) is 5.10 Å². The molecule has 2 rings (SSSR count). The molecule has 0 aliphatic rings. The number of hydrogen-bond donors (Lipinski definition) is 1. The molecular weight excluding hydrogens is 238 g/mol. The summed E-state index contributed by atoms with van der Waals surface area (Å²) in [6.07, 6.45) is 0. The van der Waals surface area contributed by atoms with Crippen LogP contribution in [0.5, 0.6) is 0 Å². The van der Waals surface area contributed by atoms with Gasteiger partial charge in [-0.2, -0.15) is 0 Å². The van der Waals surface area contributed by atoms with Crippen LogP contribution in [0.15, 0.2) is 29.4 Å². The van der Waals surface area contributed by atoms with Gasteiger partial charge in [-0.05, 0) is 28.1 Å². The van der Waals surface area contributed by atoms with Gasteiger partial charge in [0.05, 0.1) is 0 Å². The highest BCUT2D eigenvalue weighted by Gasteiger charge is 2.04. The fourth-order valence-corrected chi connectivity index (χ4v) is 2.06. The van der Waals surface area contributed by atoms with Crippen molar-refractivity contribution in [2.75, 3.05) is 0 Å². The number of carbonyl (C=O) groups is 1. The molecule has 2 N–H and O–H groups in total. The smallest absolute Gasteiger partial charge is 0.248 e. The highest BCUT2D eigenvalue weighted by Crippen LogP contribution is 2.19. The Balaban J connectivity index is 2.00. The predicted octanol–water partition coefficient (Wildman–Crippen LogP) is 0.601. The minimum Gasteiger partial charge on any atom is -0.366 e. The Kier molecular flexibility index (Phi) is 3.38.